The van der Waals surface area contributed by atoms with Crippen molar-refractivity contribution in [3.05, 3.63) is 64.0 Å². The number of carbonyl (C=O) groups excluding carboxylic acids is 1. The van der Waals surface area contributed by atoms with Crippen molar-refractivity contribution >= 4 is 27.7 Å². The first-order valence-corrected chi connectivity index (χ1v) is 10.4. The Balaban J connectivity index is 1.40. The number of aliphatic hydroxyl groups excluding tert-OH is 1. The van der Waals surface area contributed by atoms with E-state index >= 15 is 0 Å². The molecule has 30 heavy (non-hydrogen) atoms. The summed E-state index contributed by atoms with van der Waals surface area (Å²) in [5.74, 6) is 0.308. The largest absolute Gasteiger partial charge is 0.373 e. The molecule has 1 aromatic carbocycles. The van der Waals surface area contributed by atoms with Crippen LogP contribution in [0.3, 0.4) is 0 Å². The van der Waals surface area contributed by atoms with Crippen LogP contribution in [-0.4, -0.2) is 43.3 Å². The molecule has 0 radical (unpaired) electrons. The number of anilines is 1. The third-order valence-electron chi connectivity index (χ3n) is 4.42. The minimum atomic E-state index is -0.803. The summed E-state index contributed by atoms with van der Waals surface area (Å²) in [6.45, 7) is 0.709. The summed E-state index contributed by atoms with van der Waals surface area (Å²) in [6.07, 6.45) is 3.78. The predicted molar refractivity (Wildman–Crippen MR) is 115 cm³/mol. The maximum atomic E-state index is 12.2. The zero-order valence-corrected chi connectivity index (χ0v) is 18.2. The quantitative estimate of drug-likeness (QED) is 0.305. The summed E-state index contributed by atoms with van der Waals surface area (Å²) in [4.78, 5) is 12.2. The van der Waals surface area contributed by atoms with Gasteiger partial charge in [0, 0.05) is 11.0 Å². The Labute approximate surface area is 183 Å². The number of nitrogens with zero attached hydrogens (tertiary/aromatic N) is 5. The number of rotatable bonds is 10. The molecule has 1 unspecified atom stereocenters. The minimum absolute atomic E-state index is 0.134. The Bertz CT molecular complexity index is 962. The molecule has 0 aliphatic rings. The fraction of sp³-hybridized carbons (Fsp3) is 0.350. The number of aliphatic hydroxyl groups is 1. The third-order valence-corrected chi connectivity index (χ3v) is 4.91. The van der Waals surface area contributed by atoms with Crippen molar-refractivity contribution in [2.45, 2.75) is 38.5 Å². The maximum absolute atomic E-state index is 12.2. The summed E-state index contributed by atoms with van der Waals surface area (Å²) in [7, 11) is 1.66. The number of hydrogen-bond acceptors (Lipinski definition) is 7. The number of unbranched alkanes of at least 4 members (excludes halogenated alkanes) is 1. The highest BCUT2D eigenvalue weighted by molar-refractivity contribution is 9.10. The third kappa shape index (κ3) is 6.68. The molecule has 1 amide bonds. The van der Waals surface area contributed by atoms with Gasteiger partial charge in [-0.15, -0.1) is 10.2 Å². The lowest BCUT2D eigenvalue weighted by Crippen LogP contribution is -2.15. The number of aryl methyl sites for hydroxylation is 2. The van der Waals surface area contributed by atoms with Crippen LogP contribution in [0, 0.1) is 0 Å². The van der Waals surface area contributed by atoms with E-state index in [2.05, 4.69) is 47.1 Å². The minimum Gasteiger partial charge on any atom is -0.373 e. The second-order valence-electron chi connectivity index (χ2n) is 6.82. The van der Waals surface area contributed by atoms with Crippen molar-refractivity contribution in [1.82, 2.24) is 30.5 Å². The lowest BCUT2D eigenvalue weighted by Gasteiger charge is -2.06. The van der Waals surface area contributed by atoms with E-state index in [0.29, 0.717) is 18.1 Å². The SMILES string of the molecule is CNC(O)c1cn(CCCCc2ccc(NC(=O)Cc3cccc(Br)c3)nn2)nn1. The van der Waals surface area contributed by atoms with Crippen molar-refractivity contribution in [2.24, 2.45) is 0 Å². The van der Waals surface area contributed by atoms with Gasteiger partial charge in [0.25, 0.3) is 0 Å². The molecule has 9 nitrogen and oxygen atoms in total. The van der Waals surface area contributed by atoms with E-state index < -0.39 is 6.23 Å². The van der Waals surface area contributed by atoms with Crippen LogP contribution in [0.4, 0.5) is 5.82 Å². The average Bonchev–Trinajstić information content (AvgIpc) is 3.21. The van der Waals surface area contributed by atoms with Crippen molar-refractivity contribution in [3.63, 3.8) is 0 Å². The first-order valence-electron chi connectivity index (χ1n) is 9.66. The number of aromatic nitrogens is 5. The van der Waals surface area contributed by atoms with Crippen LogP contribution in [0.25, 0.3) is 0 Å². The van der Waals surface area contributed by atoms with Gasteiger partial charge in [-0.05, 0) is 56.1 Å². The van der Waals surface area contributed by atoms with Gasteiger partial charge >= 0.3 is 0 Å². The lowest BCUT2D eigenvalue weighted by molar-refractivity contribution is -0.115. The zero-order valence-electron chi connectivity index (χ0n) is 16.6. The van der Waals surface area contributed by atoms with Crippen LogP contribution < -0.4 is 10.6 Å². The summed E-state index contributed by atoms with van der Waals surface area (Å²) >= 11 is 3.40. The standard InChI is InChI=1S/C20H24BrN7O2/c1-22-20(30)17-13-28(27-25-17)10-3-2-7-16-8-9-18(26-24-16)23-19(29)12-14-5-4-6-15(21)11-14/h4-6,8-9,11,13,20,22,30H,2-3,7,10,12H2,1H3,(H,23,26,29). The molecule has 3 N–H and O–H groups in total. The average molecular weight is 474 g/mol. The molecule has 0 fully saturated rings. The van der Waals surface area contributed by atoms with E-state index in [-0.39, 0.29) is 12.3 Å². The second kappa shape index (κ2) is 10.9. The summed E-state index contributed by atoms with van der Waals surface area (Å²) in [5, 5.41) is 31.3. The van der Waals surface area contributed by atoms with Gasteiger partial charge in [0.15, 0.2) is 12.0 Å². The monoisotopic (exact) mass is 473 g/mol. The molecule has 158 valence electrons. The van der Waals surface area contributed by atoms with Gasteiger partial charge in [0.2, 0.25) is 5.91 Å². The first kappa shape index (κ1) is 22.0. The molecule has 0 saturated heterocycles. The van der Waals surface area contributed by atoms with E-state index in [1.807, 2.05) is 30.3 Å². The van der Waals surface area contributed by atoms with Gasteiger partial charge in [-0.3, -0.25) is 14.8 Å². The molecule has 3 aromatic rings. The Kier molecular flexibility index (Phi) is 8.00. The van der Waals surface area contributed by atoms with E-state index in [1.54, 1.807) is 24.0 Å². The number of benzene rings is 1. The van der Waals surface area contributed by atoms with Gasteiger partial charge in [-0.2, -0.15) is 5.10 Å². The maximum Gasteiger partial charge on any atom is 0.229 e. The molecular formula is C20H24BrN7O2. The van der Waals surface area contributed by atoms with Crippen LogP contribution in [-0.2, 0) is 24.2 Å². The number of hydrogen-bond donors (Lipinski definition) is 3. The molecule has 1 atom stereocenters. The molecule has 3 rings (SSSR count). The van der Waals surface area contributed by atoms with Crippen molar-refractivity contribution in [1.29, 1.82) is 0 Å². The van der Waals surface area contributed by atoms with Crippen molar-refractivity contribution < 1.29 is 9.90 Å². The number of nitrogens with one attached hydrogen (secondary N) is 2. The molecule has 2 aromatic heterocycles. The van der Waals surface area contributed by atoms with Gasteiger partial charge in [-0.1, -0.05) is 33.3 Å². The van der Waals surface area contributed by atoms with Gasteiger partial charge in [-0.25, -0.2) is 0 Å². The second-order valence-corrected chi connectivity index (χ2v) is 7.74. The summed E-state index contributed by atoms with van der Waals surface area (Å²) in [5.41, 5.74) is 2.29. The smallest absolute Gasteiger partial charge is 0.229 e. The van der Waals surface area contributed by atoms with Crippen molar-refractivity contribution in [3.8, 4) is 0 Å². The number of amides is 1. The topological polar surface area (TPSA) is 118 Å². The van der Waals surface area contributed by atoms with Crippen molar-refractivity contribution in [2.75, 3.05) is 12.4 Å². The Hall–Kier alpha value is -2.69. The van der Waals surface area contributed by atoms with Crippen LogP contribution in [0.2, 0.25) is 0 Å². The van der Waals surface area contributed by atoms with E-state index in [1.165, 1.54) is 0 Å². The van der Waals surface area contributed by atoms with Crippen LogP contribution in [0.15, 0.2) is 47.1 Å². The molecular weight excluding hydrogens is 450 g/mol. The molecule has 0 saturated carbocycles. The number of halogens is 1. The van der Waals surface area contributed by atoms with E-state index in [4.69, 9.17) is 0 Å². The van der Waals surface area contributed by atoms with Gasteiger partial charge < -0.3 is 10.4 Å². The van der Waals surface area contributed by atoms with Gasteiger partial charge in [0.05, 0.1) is 18.3 Å². The highest BCUT2D eigenvalue weighted by atomic mass is 79.9. The highest BCUT2D eigenvalue weighted by Gasteiger charge is 2.09. The van der Waals surface area contributed by atoms with Gasteiger partial charge in [0.1, 0.15) is 5.69 Å². The van der Waals surface area contributed by atoms with Crippen LogP contribution in [0.5, 0.6) is 0 Å². The lowest BCUT2D eigenvalue weighted by atomic mass is 10.1. The van der Waals surface area contributed by atoms with Crippen LogP contribution in [0.1, 0.15) is 36.0 Å². The Morgan fingerprint density at radius 3 is 2.80 bits per heavy atom. The molecule has 0 aliphatic carbocycles. The predicted octanol–water partition coefficient (Wildman–Crippen LogP) is 2.25. The Morgan fingerprint density at radius 2 is 2.07 bits per heavy atom. The molecule has 10 heteroatoms. The summed E-state index contributed by atoms with van der Waals surface area (Å²) in [6, 6.07) is 11.3. The molecule has 0 spiro atoms. The zero-order chi connectivity index (χ0) is 21.3. The van der Waals surface area contributed by atoms with E-state index in [0.717, 1.165) is 35.0 Å². The first-order chi connectivity index (χ1) is 14.5. The highest BCUT2D eigenvalue weighted by Crippen LogP contribution is 2.13. The molecule has 0 bridgehead atoms. The molecule has 0 aliphatic heterocycles. The summed E-state index contributed by atoms with van der Waals surface area (Å²) < 4.78 is 2.66. The van der Waals surface area contributed by atoms with Crippen LogP contribution >= 0.6 is 15.9 Å². The number of carbonyl (C=O) groups is 1. The fourth-order valence-electron chi connectivity index (χ4n) is 2.86. The fourth-order valence-corrected chi connectivity index (χ4v) is 3.30. The molecule has 2 heterocycles. The van der Waals surface area contributed by atoms with E-state index in [9.17, 15) is 9.90 Å². The normalized spacial score (nSPS) is 12.0. The Morgan fingerprint density at radius 1 is 1.20 bits per heavy atom.